The molecule has 0 aromatic rings. The molecule has 0 radical (unpaired) electrons. The van der Waals surface area contributed by atoms with Gasteiger partial charge in [-0.15, -0.1) is 0 Å². The highest BCUT2D eigenvalue weighted by atomic mass is 16.4. The van der Waals surface area contributed by atoms with E-state index in [-0.39, 0.29) is 6.54 Å². The molecule has 7 N–H and O–H groups in total. The Labute approximate surface area is 93.8 Å². The number of carboxylic acid groups (broad SMARTS) is 2. The van der Waals surface area contributed by atoms with Crippen molar-refractivity contribution in [2.75, 3.05) is 13.1 Å². The van der Waals surface area contributed by atoms with Crippen LogP contribution in [0.3, 0.4) is 0 Å². The lowest BCUT2D eigenvalue weighted by molar-refractivity contribution is -0.139. The lowest BCUT2D eigenvalue weighted by Gasteiger charge is -2.09. The average Bonchev–Trinajstić information content (AvgIpc) is 2.21. The van der Waals surface area contributed by atoms with Crippen molar-refractivity contribution < 1.29 is 19.8 Å². The topological polar surface area (TPSA) is 139 Å². The number of nitrogens with one attached hydrogen (secondary N) is 1. The van der Waals surface area contributed by atoms with Crippen LogP contribution in [0.15, 0.2) is 0 Å². The number of carbonyl (C=O) groups is 2. The zero-order valence-corrected chi connectivity index (χ0v) is 9.06. The molecule has 16 heavy (non-hydrogen) atoms. The normalized spacial score (nSPS) is 14.4. The van der Waals surface area contributed by atoms with Crippen molar-refractivity contribution >= 4 is 11.9 Å². The van der Waals surface area contributed by atoms with Gasteiger partial charge in [0.25, 0.3) is 0 Å². The molecule has 7 heteroatoms. The van der Waals surface area contributed by atoms with Gasteiger partial charge in [-0.3, -0.25) is 9.59 Å². The predicted octanol–water partition coefficient (Wildman–Crippen LogP) is -1.43. The first-order valence-electron chi connectivity index (χ1n) is 5.12. The molecule has 94 valence electrons. The fraction of sp³-hybridized carbons (Fsp3) is 0.778. The van der Waals surface area contributed by atoms with Gasteiger partial charge in [0.2, 0.25) is 0 Å². The molecule has 0 fully saturated rings. The Morgan fingerprint density at radius 3 is 2.12 bits per heavy atom. The second-order valence-corrected chi connectivity index (χ2v) is 3.59. The van der Waals surface area contributed by atoms with Gasteiger partial charge in [-0.25, -0.2) is 0 Å². The average molecular weight is 233 g/mol. The van der Waals surface area contributed by atoms with E-state index in [1.54, 1.807) is 0 Å². The summed E-state index contributed by atoms with van der Waals surface area (Å²) < 4.78 is 0. The Morgan fingerprint density at radius 1 is 1.06 bits per heavy atom. The lowest BCUT2D eigenvalue weighted by Crippen LogP contribution is -2.40. The van der Waals surface area contributed by atoms with Crippen LogP contribution in [0.25, 0.3) is 0 Å². The van der Waals surface area contributed by atoms with E-state index in [1.807, 2.05) is 0 Å². The Balaban J connectivity index is 3.34. The van der Waals surface area contributed by atoms with Crippen LogP contribution in [-0.4, -0.2) is 47.3 Å². The fourth-order valence-electron chi connectivity index (χ4n) is 1.08. The molecule has 0 spiro atoms. The van der Waals surface area contributed by atoms with Crippen molar-refractivity contribution in [3.05, 3.63) is 0 Å². The summed E-state index contributed by atoms with van der Waals surface area (Å²) in [5.41, 5.74) is 10.6. The molecule has 0 bridgehead atoms. The van der Waals surface area contributed by atoms with Gasteiger partial charge in [-0.2, -0.15) is 0 Å². The highest BCUT2D eigenvalue weighted by Crippen LogP contribution is 1.98. The van der Waals surface area contributed by atoms with E-state index < -0.39 is 24.0 Å². The maximum absolute atomic E-state index is 10.4. The maximum Gasteiger partial charge on any atom is 0.321 e. The zero-order valence-electron chi connectivity index (χ0n) is 9.06. The third-order valence-corrected chi connectivity index (χ3v) is 2.12. The first-order chi connectivity index (χ1) is 7.45. The van der Waals surface area contributed by atoms with Gasteiger partial charge in [0.15, 0.2) is 0 Å². The highest BCUT2D eigenvalue weighted by Gasteiger charge is 2.11. The number of hydrogen-bond donors (Lipinski definition) is 5. The summed E-state index contributed by atoms with van der Waals surface area (Å²) in [4.78, 5) is 20.7. The number of hydrogen-bond acceptors (Lipinski definition) is 5. The summed E-state index contributed by atoms with van der Waals surface area (Å²) in [5, 5.41) is 19.8. The third-order valence-electron chi connectivity index (χ3n) is 2.12. The van der Waals surface area contributed by atoms with Crippen LogP contribution in [0.2, 0.25) is 0 Å². The highest BCUT2D eigenvalue weighted by molar-refractivity contribution is 5.73. The third kappa shape index (κ3) is 7.16. The monoisotopic (exact) mass is 233 g/mol. The van der Waals surface area contributed by atoms with E-state index in [9.17, 15) is 9.59 Å². The van der Waals surface area contributed by atoms with Crippen molar-refractivity contribution in [3.63, 3.8) is 0 Å². The number of unbranched alkanes of at least 4 members (excludes halogenated alkanes) is 1. The van der Waals surface area contributed by atoms with E-state index in [4.69, 9.17) is 21.7 Å². The molecule has 0 aromatic carbocycles. The van der Waals surface area contributed by atoms with Crippen LogP contribution in [0, 0.1) is 0 Å². The van der Waals surface area contributed by atoms with Crippen molar-refractivity contribution in [3.8, 4) is 0 Å². The van der Waals surface area contributed by atoms with E-state index >= 15 is 0 Å². The standard InChI is InChI=1S/C9H19N3O4/c10-6(8(13)14)3-1-2-4-12-5-7(11)9(15)16/h6-7,12H,1-5,10-11H2,(H,13,14)(H,15,16)/t6-,7-/m0/s1. The molecule has 0 aliphatic rings. The van der Waals surface area contributed by atoms with Crippen molar-refractivity contribution in [2.24, 2.45) is 11.5 Å². The van der Waals surface area contributed by atoms with Crippen molar-refractivity contribution in [1.82, 2.24) is 5.32 Å². The first-order valence-corrected chi connectivity index (χ1v) is 5.12. The second-order valence-electron chi connectivity index (χ2n) is 3.59. The number of carboxylic acids is 2. The van der Waals surface area contributed by atoms with Gasteiger partial charge in [-0.1, -0.05) is 6.42 Å². The zero-order chi connectivity index (χ0) is 12.6. The van der Waals surface area contributed by atoms with Crippen LogP contribution in [0.4, 0.5) is 0 Å². The lowest BCUT2D eigenvalue weighted by atomic mass is 10.1. The molecule has 0 aliphatic carbocycles. The maximum atomic E-state index is 10.4. The molecule has 0 aliphatic heterocycles. The van der Waals surface area contributed by atoms with Crippen LogP contribution in [0.1, 0.15) is 19.3 Å². The molecule has 2 atom stereocenters. The molecule has 0 aromatic heterocycles. The van der Waals surface area contributed by atoms with E-state index in [1.165, 1.54) is 0 Å². The minimum Gasteiger partial charge on any atom is -0.480 e. The summed E-state index contributed by atoms with van der Waals surface area (Å²) in [6.45, 7) is 0.813. The first kappa shape index (κ1) is 14.8. The summed E-state index contributed by atoms with van der Waals surface area (Å²) in [5.74, 6) is -2.04. The van der Waals surface area contributed by atoms with Crippen molar-refractivity contribution in [2.45, 2.75) is 31.3 Å². The Kier molecular flexibility index (Phi) is 7.44. The van der Waals surface area contributed by atoms with Gasteiger partial charge in [-0.05, 0) is 19.4 Å². The largest absolute Gasteiger partial charge is 0.480 e. The Morgan fingerprint density at radius 2 is 1.62 bits per heavy atom. The molecule has 0 unspecified atom stereocenters. The van der Waals surface area contributed by atoms with E-state index in [0.29, 0.717) is 19.4 Å². The van der Waals surface area contributed by atoms with Crippen LogP contribution in [-0.2, 0) is 9.59 Å². The molecular formula is C9H19N3O4. The predicted molar refractivity (Wildman–Crippen MR) is 57.9 cm³/mol. The molecule has 0 heterocycles. The molecular weight excluding hydrogens is 214 g/mol. The molecule has 0 saturated carbocycles. The minimum atomic E-state index is -1.04. The minimum absolute atomic E-state index is 0.209. The van der Waals surface area contributed by atoms with Crippen molar-refractivity contribution in [1.29, 1.82) is 0 Å². The second kappa shape index (κ2) is 8.03. The molecule has 7 nitrogen and oxygen atoms in total. The van der Waals surface area contributed by atoms with Crippen LogP contribution < -0.4 is 16.8 Å². The van der Waals surface area contributed by atoms with E-state index in [0.717, 1.165) is 6.42 Å². The van der Waals surface area contributed by atoms with Gasteiger partial charge >= 0.3 is 11.9 Å². The van der Waals surface area contributed by atoms with E-state index in [2.05, 4.69) is 5.32 Å². The number of nitrogens with two attached hydrogens (primary N) is 2. The van der Waals surface area contributed by atoms with Gasteiger partial charge < -0.3 is 27.0 Å². The summed E-state index contributed by atoms with van der Waals surface area (Å²) in [6, 6.07) is -1.72. The Bertz CT molecular complexity index is 211. The van der Waals surface area contributed by atoms with Crippen LogP contribution in [0.5, 0.6) is 0 Å². The number of rotatable bonds is 9. The summed E-state index contributed by atoms with van der Waals surface area (Å²) >= 11 is 0. The SMILES string of the molecule is N[C@@H](CCCCNC[C@H](N)C(=O)O)C(=O)O. The summed E-state index contributed by atoms with van der Waals surface area (Å²) in [6.07, 6.45) is 1.85. The van der Waals surface area contributed by atoms with Gasteiger partial charge in [0, 0.05) is 6.54 Å². The van der Waals surface area contributed by atoms with Gasteiger partial charge in [0.05, 0.1) is 0 Å². The Hall–Kier alpha value is -1.18. The number of aliphatic carboxylic acids is 2. The summed E-state index contributed by atoms with van der Waals surface area (Å²) in [7, 11) is 0. The molecule has 0 rings (SSSR count). The van der Waals surface area contributed by atoms with Gasteiger partial charge in [0.1, 0.15) is 12.1 Å². The van der Waals surface area contributed by atoms with Crippen LogP contribution >= 0.6 is 0 Å². The fourth-order valence-corrected chi connectivity index (χ4v) is 1.08. The molecule has 0 amide bonds. The molecule has 0 saturated heterocycles. The quantitative estimate of drug-likeness (QED) is 0.308. The smallest absolute Gasteiger partial charge is 0.321 e.